The van der Waals surface area contributed by atoms with Crippen LogP contribution in [-0.4, -0.2) is 33.2 Å². The first kappa shape index (κ1) is 15.2. The summed E-state index contributed by atoms with van der Waals surface area (Å²) >= 11 is 0. The lowest BCUT2D eigenvalue weighted by Gasteiger charge is -2.27. The van der Waals surface area contributed by atoms with Crippen molar-refractivity contribution in [2.24, 2.45) is 11.7 Å². The van der Waals surface area contributed by atoms with E-state index in [0.717, 1.165) is 32.6 Å². The second-order valence-electron chi connectivity index (χ2n) is 5.96. The van der Waals surface area contributed by atoms with Gasteiger partial charge in [-0.2, -0.15) is 0 Å². The Bertz CT molecular complexity index is 452. The number of hydrogen-bond acceptors (Lipinski definition) is 3. The molecule has 0 radical (unpaired) electrons. The van der Waals surface area contributed by atoms with Crippen LogP contribution in [0.4, 0.5) is 11.4 Å². The molecule has 0 fully saturated rings. The smallest absolute Gasteiger partial charge is 0.0427 e. The van der Waals surface area contributed by atoms with Crippen molar-refractivity contribution in [3.8, 4) is 0 Å². The van der Waals surface area contributed by atoms with Crippen molar-refractivity contribution in [1.82, 2.24) is 0 Å². The summed E-state index contributed by atoms with van der Waals surface area (Å²) in [6.45, 7) is 10.7. The normalized spacial score (nSPS) is 18.6. The van der Waals surface area contributed by atoms with E-state index in [-0.39, 0.29) is 0 Å². The number of nitrogens with zero attached hydrogens (tertiary/aromatic N) is 2. The monoisotopic (exact) mass is 275 g/mol. The topological polar surface area (TPSA) is 32.5 Å². The fraction of sp³-hybridized carbons (Fsp3) is 0.647. The zero-order valence-corrected chi connectivity index (χ0v) is 13.4. The molecule has 1 aromatic rings. The molecule has 0 bridgehead atoms. The molecule has 0 spiro atoms. The first-order valence-electron chi connectivity index (χ1n) is 7.90. The summed E-state index contributed by atoms with van der Waals surface area (Å²) in [5.41, 5.74) is 11.6. The Morgan fingerprint density at radius 2 is 2.00 bits per heavy atom. The third kappa shape index (κ3) is 2.93. The molecule has 3 heteroatoms. The van der Waals surface area contributed by atoms with E-state index in [9.17, 15) is 0 Å². The molecular weight excluding hydrogens is 246 g/mol. The molecule has 1 aliphatic rings. The van der Waals surface area contributed by atoms with Crippen molar-refractivity contribution in [2.75, 3.05) is 43.0 Å². The predicted molar refractivity (Wildman–Crippen MR) is 88.9 cm³/mol. The Kier molecular flexibility index (Phi) is 4.92. The molecule has 1 atom stereocenters. The van der Waals surface area contributed by atoms with Gasteiger partial charge in [-0.3, -0.25) is 0 Å². The Labute approximate surface area is 123 Å². The molecule has 1 aliphatic heterocycles. The van der Waals surface area contributed by atoms with Gasteiger partial charge in [0.15, 0.2) is 0 Å². The van der Waals surface area contributed by atoms with E-state index in [1.165, 1.54) is 28.9 Å². The van der Waals surface area contributed by atoms with Gasteiger partial charge in [-0.05, 0) is 69.3 Å². The number of fused-ring (bicyclic) bond motifs is 1. The van der Waals surface area contributed by atoms with Gasteiger partial charge in [0, 0.05) is 38.1 Å². The molecular formula is C17H29N3. The molecule has 0 saturated carbocycles. The predicted octanol–water partition coefficient (Wildman–Crippen LogP) is 2.80. The average Bonchev–Trinajstić information content (AvgIpc) is 2.59. The second-order valence-corrected chi connectivity index (χ2v) is 5.96. The minimum absolute atomic E-state index is 0.616. The van der Waals surface area contributed by atoms with Crippen LogP contribution >= 0.6 is 0 Å². The summed E-state index contributed by atoms with van der Waals surface area (Å²) in [5, 5.41) is 0. The van der Waals surface area contributed by atoms with Crippen LogP contribution in [0.15, 0.2) is 12.1 Å². The maximum atomic E-state index is 5.93. The zero-order valence-electron chi connectivity index (χ0n) is 13.4. The van der Waals surface area contributed by atoms with Crippen LogP contribution < -0.4 is 15.5 Å². The van der Waals surface area contributed by atoms with Crippen molar-refractivity contribution in [1.29, 1.82) is 0 Å². The number of nitrogens with two attached hydrogens (primary N) is 1. The van der Waals surface area contributed by atoms with Gasteiger partial charge in [-0.15, -0.1) is 0 Å². The molecule has 2 rings (SSSR count). The van der Waals surface area contributed by atoms with Crippen LogP contribution in [0.5, 0.6) is 0 Å². The Morgan fingerprint density at radius 1 is 1.30 bits per heavy atom. The van der Waals surface area contributed by atoms with E-state index in [1.54, 1.807) is 0 Å². The van der Waals surface area contributed by atoms with Crippen LogP contribution in [0.25, 0.3) is 0 Å². The molecule has 1 unspecified atom stereocenters. The zero-order chi connectivity index (χ0) is 14.7. The highest BCUT2D eigenvalue weighted by atomic mass is 15.1. The Morgan fingerprint density at radius 3 is 2.60 bits per heavy atom. The van der Waals surface area contributed by atoms with Gasteiger partial charge < -0.3 is 15.5 Å². The summed E-state index contributed by atoms with van der Waals surface area (Å²) in [7, 11) is 2.21. The fourth-order valence-electron chi connectivity index (χ4n) is 3.41. The molecule has 0 saturated heterocycles. The molecule has 3 nitrogen and oxygen atoms in total. The fourth-order valence-corrected chi connectivity index (χ4v) is 3.41. The molecule has 0 aromatic heterocycles. The van der Waals surface area contributed by atoms with Gasteiger partial charge in [-0.1, -0.05) is 0 Å². The molecule has 0 aliphatic carbocycles. The lowest BCUT2D eigenvalue weighted by molar-refractivity contribution is 0.509. The molecule has 112 valence electrons. The van der Waals surface area contributed by atoms with E-state index >= 15 is 0 Å². The third-order valence-corrected chi connectivity index (χ3v) is 4.59. The van der Waals surface area contributed by atoms with Crippen molar-refractivity contribution < 1.29 is 0 Å². The van der Waals surface area contributed by atoms with E-state index in [2.05, 4.69) is 49.8 Å². The van der Waals surface area contributed by atoms with Crippen LogP contribution in [0, 0.1) is 12.8 Å². The molecule has 1 heterocycles. The highest BCUT2D eigenvalue weighted by Crippen LogP contribution is 2.34. The third-order valence-electron chi connectivity index (χ3n) is 4.59. The van der Waals surface area contributed by atoms with Crippen molar-refractivity contribution in [3.63, 3.8) is 0 Å². The van der Waals surface area contributed by atoms with E-state index in [0.29, 0.717) is 5.92 Å². The SMILES string of the molecule is CCN(CC)c1cc(C)c2c(c1)CC(CN)CCN2C. The Hall–Kier alpha value is -1.22. The molecule has 0 amide bonds. The first-order valence-corrected chi connectivity index (χ1v) is 7.90. The van der Waals surface area contributed by atoms with Gasteiger partial charge in [-0.25, -0.2) is 0 Å². The summed E-state index contributed by atoms with van der Waals surface area (Å²) in [4.78, 5) is 4.84. The van der Waals surface area contributed by atoms with Crippen LogP contribution in [0.1, 0.15) is 31.4 Å². The van der Waals surface area contributed by atoms with Crippen LogP contribution in [0.2, 0.25) is 0 Å². The second kappa shape index (κ2) is 6.49. The number of benzene rings is 1. The van der Waals surface area contributed by atoms with Gasteiger partial charge in [0.25, 0.3) is 0 Å². The molecule has 1 aromatic carbocycles. The maximum absolute atomic E-state index is 5.93. The van der Waals surface area contributed by atoms with Crippen molar-refractivity contribution >= 4 is 11.4 Å². The lowest BCUT2D eigenvalue weighted by Crippen LogP contribution is -2.23. The number of hydrogen-bond donors (Lipinski definition) is 1. The average molecular weight is 275 g/mol. The quantitative estimate of drug-likeness (QED) is 0.917. The molecule has 2 N–H and O–H groups in total. The van der Waals surface area contributed by atoms with Crippen molar-refractivity contribution in [2.45, 2.75) is 33.6 Å². The van der Waals surface area contributed by atoms with Gasteiger partial charge in [0.2, 0.25) is 0 Å². The highest BCUT2D eigenvalue weighted by Gasteiger charge is 2.21. The number of rotatable bonds is 4. The summed E-state index contributed by atoms with van der Waals surface area (Å²) in [5.74, 6) is 0.616. The minimum atomic E-state index is 0.616. The van der Waals surface area contributed by atoms with Crippen LogP contribution in [0.3, 0.4) is 0 Å². The minimum Gasteiger partial charge on any atom is -0.374 e. The number of aryl methyl sites for hydroxylation is 1. The highest BCUT2D eigenvalue weighted by molar-refractivity contribution is 5.67. The Balaban J connectivity index is 2.44. The maximum Gasteiger partial charge on any atom is 0.0427 e. The standard InChI is InChI=1S/C17H29N3/c1-5-20(6-2)16-9-13(3)17-15(11-16)10-14(12-18)7-8-19(17)4/h9,11,14H,5-8,10,12,18H2,1-4H3. The summed E-state index contributed by atoms with van der Waals surface area (Å²) in [6, 6.07) is 4.73. The van der Waals surface area contributed by atoms with Gasteiger partial charge in [0.1, 0.15) is 0 Å². The number of anilines is 2. The van der Waals surface area contributed by atoms with E-state index in [1.807, 2.05) is 0 Å². The van der Waals surface area contributed by atoms with E-state index < -0.39 is 0 Å². The molecule has 20 heavy (non-hydrogen) atoms. The van der Waals surface area contributed by atoms with Crippen LogP contribution in [-0.2, 0) is 6.42 Å². The van der Waals surface area contributed by atoms with Crippen molar-refractivity contribution in [3.05, 3.63) is 23.3 Å². The van der Waals surface area contributed by atoms with Gasteiger partial charge in [0.05, 0.1) is 0 Å². The summed E-state index contributed by atoms with van der Waals surface area (Å²) < 4.78 is 0. The largest absolute Gasteiger partial charge is 0.374 e. The lowest BCUT2D eigenvalue weighted by atomic mass is 9.95. The van der Waals surface area contributed by atoms with E-state index in [4.69, 9.17) is 5.73 Å². The van der Waals surface area contributed by atoms with Gasteiger partial charge >= 0.3 is 0 Å². The first-order chi connectivity index (χ1) is 9.60. The summed E-state index contributed by atoms with van der Waals surface area (Å²) in [6.07, 6.45) is 2.31.